The SMILES string of the molecule is Fc1cc(F)c2c3ccccc3n(-c3cccc(-c4ccc(N(c5ccc(-c6ccccc6)cc5)c5cccc(-c6ccc7c(c6)oc6ccccc67)c5)cc4)c3)c2c1. The third kappa shape index (κ3) is 6.03. The smallest absolute Gasteiger partial charge is 0.136 e. The second-order valence-electron chi connectivity index (χ2n) is 14.8. The Kier molecular flexibility index (Phi) is 8.19. The number of para-hydroxylation sites is 2. The van der Waals surface area contributed by atoms with E-state index in [1.54, 1.807) is 0 Å². The molecule has 0 unspecified atom stereocenters. The van der Waals surface area contributed by atoms with Crippen LogP contribution in [0.3, 0.4) is 0 Å². The number of rotatable bonds is 7. The molecule has 11 aromatic rings. The Balaban J connectivity index is 0.990. The Labute approximate surface area is 339 Å². The van der Waals surface area contributed by atoms with Crippen molar-refractivity contribution in [3.8, 4) is 39.1 Å². The van der Waals surface area contributed by atoms with Gasteiger partial charge in [0.25, 0.3) is 0 Å². The molecule has 9 aromatic carbocycles. The maximum atomic E-state index is 15.2. The molecular formula is C54H34F2N2O. The summed E-state index contributed by atoms with van der Waals surface area (Å²) < 4.78 is 38.1. The first kappa shape index (κ1) is 34.5. The van der Waals surface area contributed by atoms with Crippen molar-refractivity contribution in [2.75, 3.05) is 4.90 Å². The molecule has 0 aliphatic rings. The first-order valence-electron chi connectivity index (χ1n) is 19.6. The number of hydrogen-bond acceptors (Lipinski definition) is 2. The summed E-state index contributed by atoms with van der Waals surface area (Å²) >= 11 is 0. The Hall–Kier alpha value is -7.76. The largest absolute Gasteiger partial charge is 0.456 e. The van der Waals surface area contributed by atoms with Crippen LogP contribution < -0.4 is 4.90 Å². The lowest BCUT2D eigenvalue weighted by Gasteiger charge is -2.26. The molecule has 0 amide bonds. The minimum absolute atomic E-state index is 0.410. The summed E-state index contributed by atoms with van der Waals surface area (Å²) in [6.45, 7) is 0. The molecule has 59 heavy (non-hydrogen) atoms. The second kappa shape index (κ2) is 14.0. The number of hydrogen-bond donors (Lipinski definition) is 0. The van der Waals surface area contributed by atoms with E-state index < -0.39 is 11.6 Å². The number of halogens is 2. The average Bonchev–Trinajstić information content (AvgIpc) is 3.83. The first-order valence-corrected chi connectivity index (χ1v) is 19.6. The molecular weight excluding hydrogens is 731 g/mol. The summed E-state index contributed by atoms with van der Waals surface area (Å²) in [5.41, 5.74) is 13.4. The predicted molar refractivity (Wildman–Crippen MR) is 239 cm³/mol. The summed E-state index contributed by atoms with van der Waals surface area (Å²) in [7, 11) is 0. The number of benzene rings is 9. The van der Waals surface area contributed by atoms with Crippen LogP contribution >= 0.6 is 0 Å². The summed E-state index contributed by atoms with van der Waals surface area (Å²) in [6.07, 6.45) is 0. The lowest BCUT2D eigenvalue weighted by molar-refractivity contribution is 0.592. The van der Waals surface area contributed by atoms with Crippen molar-refractivity contribution < 1.29 is 13.2 Å². The van der Waals surface area contributed by atoms with Crippen molar-refractivity contribution in [3.05, 3.63) is 218 Å². The maximum absolute atomic E-state index is 15.2. The van der Waals surface area contributed by atoms with Gasteiger partial charge in [-0.1, -0.05) is 121 Å². The quantitative estimate of drug-likeness (QED) is 0.161. The van der Waals surface area contributed by atoms with Gasteiger partial charge >= 0.3 is 0 Å². The molecule has 0 spiro atoms. The first-order chi connectivity index (χ1) is 29.1. The van der Waals surface area contributed by atoms with E-state index in [4.69, 9.17) is 4.42 Å². The van der Waals surface area contributed by atoms with Gasteiger partial charge in [0.15, 0.2) is 0 Å². The van der Waals surface area contributed by atoms with Gasteiger partial charge in [-0.05, 0) is 112 Å². The molecule has 0 saturated heterocycles. The Bertz CT molecular complexity index is 3350. The molecule has 0 N–H and O–H groups in total. The van der Waals surface area contributed by atoms with E-state index in [0.29, 0.717) is 10.9 Å². The fourth-order valence-electron chi connectivity index (χ4n) is 8.53. The van der Waals surface area contributed by atoms with Crippen LogP contribution in [-0.2, 0) is 0 Å². The van der Waals surface area contributed by atoms with Gasteiger partial charge in [0.1, 0.15) is 22.8 Å². The van der Waals surface area contributed by atoms with Crippen molar-refractivity contribution in [1.29, 1.82) is 0 Å². The van der Waals surface area contributed by atoms with E-state index in [0.717, 1.165) is 95.0 Å². The maximum Gasteiger partial charge on any atom is 0.136 e. The van der Waals surface area contributed by atoms with Crippen LogP contribution in [0.2, 0.25) is 0 Å². The van der Waals surface area contributed by atoms with Gasteiger partial charge in [-0.3, -0.25) is 0 Å². The molecule has 3 nitrogen and oxygen atoms in total. The highest BCUT2D eigenvalue weighted by molar-refractivity contribution is 6.10. The van der Waals surface area contributed by atoms with Gasteiger partial charge in [0.2, 0.25) is 0 Å². The minimum Gasteiger partial charge on any atom is -0.456 e. The van der Waals surface area contributed by atoms with E-state index in [-0.39, 0.29) is 0 Å². The van der Waals surface area contributed by atoms with Gasteiger partial charge in [-0.2, -0.15) is 0 Å². The second-order valence-corrected chi connectivity index (χ2v) is 14.8. The highest BCUT2D eigenvalue weighted by Gasteiger charge is 2.19. The molecule has 0 aliphatic carbocycles. The van der Waals surface area contributed by atoms with Crippen molar-refractivity contribution in [2.24, 2.45) is 0 Å². The molecule has 0 aliphatic heterocycles. The molecule has 0 fully saturated rings. The zero-order valence-corrected chi connectivity index (χ0v) is 31.7. The molecule has 280 valence electrons. The molecule has 0 saturated carbocycles. The Morgan fingerprint density at radius 3 is 1.73 bits per heavy atom. The highest BCUT2D eigenvalue weighted by atomic mass is 19.1. The van der Waals surface area contributed by atoms with E-state index in [9.17, 15) is 4.39 Å². The predicted octanol–water partition coefficient (Wildman–Crippen LogP) is 15.4. The molecule has 11 rings (SSSR count). The van der Waals surface area contributed by atoms with Crippen LogP contribution in [0.5, 0.6) is 0 Å². The summed E-state index contributed by atoms with van der Waals surface area (Å²) in [4.78, 5) is 2.28. The molecule has 5 heteroatoms. The third-order valence-corrected chi connectivity index (χ3v) is 11.3. The van der Waals surface area contributed by atoms with Gasteiger partial charge in [0, 0.05) is 50.4 Å². The van der Waals surface area contributed by atoms with Crippen LogP contribution in [0.1, 0.15) is 0 Å². The number of fused-ring (bicyclic) bond motifs is 6. The average molecular weight is 765 g/mol. The van der Waals surface area contributed by atoms with Crippen molar-refractivity contribution >= 4 is 60.8 Å². The molecule has 0 radical (unpaired) electrons. The fourth-order valence-corrected chi connectivity index (χ4v) is 8.53. The van der Waals surface area contributed by atoms with E-state index >= 15 is 4.39 Å². The standard InChI is InChI=1S/C54H34F2N2O/c55-41-33-49(56)54-48-17-4-6-18-50(48)58(51(54)34-41)45-15-8-12-38(30-45)37-22-27-43(28-23-37)57(42-25-20-36(21-26-42)35-10-2-1-3-11-35)44-14-9-13-39(31-44)40-24-29-47-46-16-5-7-19-52(46)59-53(47)32-40/h1-34H. The molecule has 2 aromatic heterocycles. The van der Waals surface area contributed by atoms with Crippen LogP contribution in [0.15, 0.2) is 211 Å². The van der Waals surface area contributed by atoms with E-state index in [1.165, 1.54) is 6.07 Å². The van der Waals surface area contributed by atoms with Crippen molar-refractivity contribution in [3.63, 3.8) is 0 Å². The molecule has 2 heterocycles. The van der Waals surface area contributed by atoms with Crippen LogP contribution in [0.4, 0.5) is 25.8 Å². The molecule has 0 atom stereocenters. The summed E-state index contributed by atoms with van der Waals surface area (Å²) in [6, 6.07) is 68.9. The number of aromatic nitrogens is 1. The van der Waals surface area contributed by atoms with Crippen LogP contribution in [0.25, 0.3) is 82.8 Å². The van der Waals surface area contributed by atoms with Gasteiger partial charge in [-0.25, -0.2) is 8.78 Å². The zero-order valence-electron chi connectivity index (χ0n) is 31.7. The normalized spacial score (nSPS) is 11.6. The summed E-state index contributed by atoms with van der Waals surface area (Å²) in [5, 5.41) is 3.36. The topological polar surface area (TPSA) is 21.3 Å². The Morgan fingerprint density at radius 1 is 0.373 bits per heavy atom. The van der Waals surface area contributed by atoms with E-state index in [2.05, 4.69) is 138 Å². The van der Waals surface area contributed by atoms with E-state index in [1.807, 2.05) is 65.2 Å². The monoisotopic (exact) mass is 764 g/mol. The van der Waals surface area contributed by atoms with Crippen LogP contribution in [0, 0.1) is 11.6 Å². The lowest BCUT2D eigenvalue weighted by atomic mass is 10.0. The van der Waals surface area contributed by atoms with Gasteiger partial charge in [0.05, 0.1) is 11.0 Å². The Morgan fingerprint density at radius 2 is 0.949 bits per heavy atom. The van der Waals surface area contributed by atoms with Gasteiger partial charge in [-0.15, -0.1) is 0 Å². The van der Waals surface area contributed by atoms with Crippen molar-refractivity contribution in [1.82, 2.24) is 4.57 Å². The number of anilines is 3. The fraction of sp³-hybridized carbons (Fsp3) is 0. The minimum atomic E-state index is -0.608. The number of nitrogens with zero attached hydrogens (tertiary/aromatic N) is 2. The van der Waals surface area contributed by atoms with Crippen molar-refractivity contribution in [2.45, 2.75) is 0 Å². The van der Waals surface area contributed by atoms with Gasteiger partial charge < -0.3 is 13.9 Å². The summed E-state index contributed by atoms with van der Waals surface area (Å²) in [5.74, 6) is -1.18. The highest BCUT2D eigenvalue weighted by Crippen LogP contribution is 2.40. The lowest BCUT2D eigenvalue weighted by Crippen LogP contribution is -2.10. The molecule has 0 bridgehead atoms. The van der Waals surface area contributed by atoms with Crippen LogP contribution in [-0.4, -0.2) is 4.57 Å². The third-order valence-electron chi connectivity index (χ3n) is 11.3. The number of furan rings is 1. The zero-order chi connectivity index (χ0) is 39.5.